The minimum Gasteiger partial charge on any atom is -1.00 e. The Bertz CT molecular complexity index is 283. The summed E-state index contributed by atoms with van der Waals surface area (Å²) >= 11 is 0. The van der Waals surface area contributed by atoms with Crippen LogP contribution >= 0.6 is 0 Å². The first-order valence-electron chi connectivity index (χ1n) is 3.81. The molecule has 0 unspecified atom stereocenters. The number of halogens is 1. The zero-order valence-electron chi connectivity index (χ0n) is 8.07. The summed E-state index contributed by atoms with van der Waals surface area (Å²) in [6.07, 6.45) is 5.66. The summed E-state index contributed by atoms with van der Waals surface area (Å²) in [7, 11) is 5.44. The fourth-order valence-corrected chi connectivity index (χ4v) is 0.893. The molecule has 1 aromatic rings. The van der Waals surface area contributed by atoms with Crippen LogP contribution < -0.4 is 17.0 Å². The summed E-state index contributed by atoms with van der Waals surface area (Å²) in [5, 5.41) is 0. The molecule has 0 atom stereocenters. The van der Waals surface area contributed by atoms with Crippen molar-refractivity contribution >= 4 is 5.91 Å². The molecule has 0 saturated heterocycles. The summed E-state index contributed by atoms with van der Waals surface area (Å²) in [6, 6.07) is 0. The Morgan fingerprint density at radius 3 is 2.54 bits per heavy atom. The molecular weight excluding hydrogens is 190 g/mol. The molecular formula is C8H14ClN3O. The summed E-state index contributed by atoms with van der Waals surface area (Å²) in [4.78, 5) is 12.8. The van der Waals surface area contributed by atoms with Gasteiger partial charge in [0.15, 0.2) is 6.54 Å². The topological polar surface area (TPSA) is 29.1 Å². The van der Waals surface area contributed by atoms with E-state index in [-0.39, 0.29) is 18.3 Å². The molecule has 1 heterocycles. The first-order chi connectivity index (χ1) is 5.59. The summed E-state index contributed by atoms with van der Waals surface area (Å²) in [5.41, 5.74) is 0. The van der Waals surface area contributed by atoms with Crippen LogP contribution in [0.15, 0.2) is 18.7 Å². The van der Waals surface area contributed by atoms with E-state index < -0.39 is 0 Å². The lowest BCUT2D eigenvalue weighted by Gasteiger charge is -2.06. The SMILES string of the molecule is CN(C)C(=O)Cn1cc[n+](C)c1.[Cl-]. The smallest absolute Gasteiger partial charge is 0.264 e. The van der Waals surface area contributed by atoms with Gasteiger partial charge in [-0.2, -0.15) is 0 Å². The third-order valence-corrected chi connectivity index (χ3v) is 1.64. The maximum Gasteiger partial charge on any atom is 0.264 e. The number of imidazole rings is 1. The Morgan fingerprint density at radius 1 is 1.54 bits per heavy atom. The van der Waals surface area contributed by atoms with Crippen LogP contribution in [0.5, 0.6) is 0 Å². The van der Waals surface area contributed by atoms with Crippen LogP contribution in [0.1, 0.15) is 0 Å². The van der Waals surface area contributed by atoms with E-state index in [9.17, 15) is 4.79 Å². The summed E-state index contributed by atoms with van der Waals surface area (Å²) in [6.45, 7) is 0.411. The van der Waals surface area contributed by atoms with E-state index in [1.807, 2.05) is 34.9 Å². The lowest BCUT2D eigenvalue weighted by Crippen LogP contribution is -3.00. The Labute approximate surface area is 84.2 Å². The third-order valence-electron chi connectivity index (χ3n) is 1.64. The van der Waals surface area contributed by atoms with Crippen molar-refractivity contribution in [2.75, 3.05) is 14.1 Å². The van der Waals surface area contributed by atoms with Crippen LogP contribution in [-0.4, -0.2) is 29.5 Å². The molecule has 1 amide bonds. The first-order valence-corrected chi connectivity index (χ1v) is 3.81. The van der Waals surface area contributed by atoms with Crippen molar-refractivity contribution in [3.8, 4) is 0 Å². The molecule has 0 aliphatic heterocycles. The molecule has 74 valence electrons. The number of aryl methyl sites for hydroxylation is 1. The molecule has 0 aromatic carbocycles. The number of amides is 1. The fourth-order valence-electron chi connectivity index (χ4n) is 0.893. The van der Waals surface area contributed by atoms with Crippen LogP contribution in [0.2, 0.25) is 0 Å². The monoisotopic (exact) mass is 203 g/mol. The molecule has 0 spiro atoms. The molecule has 0 N–H and O–H groups in total. The second-order valence-corrected chi connectivity index (χ2v) is 3.04. The highest BCUT2D eigenvalue weighted by molar-refractivity contribution is 5.75. The maximum atomic E-state index is 11.2. The molecule has 0 fully saturated rings. The van der Waals surface area contributed by atoms with Gasteiger partial charge < -0.3 is 17.3 Å². The molecule has 0 bridgehead atoms. The molecule has 1 rings (SSSR count). The Hall–Kier alpha value is -1.03. The quantitative estimate of drug-likeness (QED) is 0.457. The molecule has 0 saturated carbocycles. The van der Waals surface area contributed by atoms with Crippen LogP contribution in [0.25, 0.3) is 0 Å². The molecule has 13 heavy (non-hydrogen) atoms. The first kappa shape index (κ1) is 12.0. The summed E-state index contributed by atoms with van der Waals surface area (Å²) in [5.74, 6) is 0.103. The zero-order valence-corrected chi connectivity index (χ0v) is 8.82. The molecule has 4 nitrogen and oxygen atoms in total. The number of rotatable bonds is 2. The van der Waals surface area contributed by atoms with E-state index in [1.165, 1.54) is 0 Å². The van der Waals surface area contributed by atoms with Crippen LogP contribution in [-0.2, 0) is 18.4 Å². The van der Waals surface area contributed by atoms with Gasteiger partial charge in [0.05, 0.1) is 7.05 Å². The average Bonchev–Trinajstić information content (AvgIpc) is 2.35. The fraction of sp³-hybridized carbons (Fsp3) is 0.500. The number of nitrogens with zero attached hydrogens (tertiary/aromatic N) is 3. The van der Waals surface area contributed by atoms with Gasteiger partial charge in [0.25, 0.3) is 5.91 Å². The van der Waals surface area contributed by atoms with Crippen LogP contribution in [0.4, 0.5) is 0 Å². The lowest BCUT2D eigenvalue weighted by atomic mass is 10.5. The zero-order chi connectivity index (χ0) is 9.14. The Balaban J connectivity index is 0.00000144. The number of hydrogen-bond donors (Lipinski definition) is 0. The number of carbonyl (C=O) groups excluding carboxylic acids is 1. The predicted octanol–water partition coefficient (Wildman–Crippen LogP) is -3.60. The lowest BCUT2D eigenvalue weighted by molar-refractivity contribution is -0.671. The molecule has 0 aliphatic carbocycles. The predicted molar refractivity (Wildman–Crippen MR) is 44.3 cm³/mol. The standard InChI is InChI=1S/C8H14N3O.ClH/c1-9(2)8(12)6-11-5-4-10(3)7-11;/h4-5,7H,6H2,1-3H3;1H/q+1;/p-1. The van der Waals surface area contributed by atoms with E-state index in [1.54, 1.807) is 19.0 Å². The van der Waals surface area contributed by atoms with Crippen molar-refractivity contribution in [2.45, 2.75) is 6.54 Å². The minimum atomic E-state index is 0. The van der Waals surface area contributed by atoms with E-state index in [0.29, 0.717) is 6.54 Å². The minimum absolute atomic E-state index is 0. The van der Waals surface area contributed by atoms with Crippen molar-refractivity contribution in [2.24, 2.45) is 7.05 Å². The van der Waals surface area contributed by atoms with Gasteiger partial charge in [-0.3, -0.25) is 4.79 Å². The summed E-state index contributed by atoms with van der Waals surface area (Å²) < 4.78 is 3.76. The highest BCUT2D eigenvalue weighted by Crippen LogP contribution is 1.87. The third kappa shape index (κ3) is 3.46. The van der Waals surface area contributed by atoms with E-state index in [2.05, 4.69) is 0 Å². The molecule has 0 aliphatic rings. The normalized spacial score (nSPS) is 9.15. The van der Waals surface area contributed by atoms with Crippen molar-refractivity contribution in [1.82, 2.24) is 9.47 Å². The second-order valence-electron chi connectivity index (χ2n) is 3.04. The maximum absolute atomic E-state index is 11.2. The van der Waals surface area contributed by atoms with Gasteiger partial charge >= 0.3 is 0 Å². The van der Waals surface area contributed by atoms with Crippen molar-refractivity contribution in [3.63, 3.8) is 0 Å². The highest BCUT2D eigenvalue weighted by Gasteiger charge is 2.08. The number of likely N-dealkylation sites (N-methyl/N-ethyl adjacent to an activating group) is 1. The number of carbonyl (C=O) groups is 1. The molecule has 5 heteroatoms. The number of aromatic nitrogens is 2. The number of hydrogen-bond acceptors (Lipinski definition) is 1. The Morgan fingerprint density at radius 2 is 2.15 bits per heavy atom. The largest absolute Gasteiger partial charge is 1.00 e. The second kappa shape index (κ2) is 4.87. The average molecular weight is 204 g/mol. The van der Waals surface area contributed by atoms with Gasteiger partial charge in [-0.25, -0.2) is 9.13 Å². The van der Waals surface area contributed by atoms with Gasteiger partial charge in [-0.1, -0.05) is 0 Å². The van der Waals surface area contributed by atoms with Crippen LogP contribution in [0, 0.1) is 0 Å². The van der Waals surface area contributed by atoms with Gasteiger partial charge in [0.1, 0.15) is 12.4 Å². The van der Waals surface area contributed by atoms with Crippen molar-refractivity contribution in [3.05, 3.63) is 18.7 Å². The van der Waals surface area contributed by atoms with Crippen molar-refractivity contribution in [1.29, 1.82) is 0 Å². The van der Waals surface area contributed by atoms with Crippen LogP contribution in [0.3, 0.4) is 0 Å². The van der Waals surface area contributed by atoms with E-state index in [0.717, 1.165) is 0 Å². The van der Waals surface area contributed by atoms with Gasteiger partial charge in [-0.05, 0) is 0 Å². The van der Waals surface area contributed by atoms with E-state index in [4.69, 9.17) is 0 Å². The Kier molecular flexibility index (Phi) is 4.48. The van der Waals surface area contributed by atoms with E-state index >= 15 is 0 Å². The van der Waals surface area contributed by atoms with Gasteiger partial charge in [-0.15, -0.1) is 0 Å². The van der Waals surface area contributed by atoms with Gasteiger partial charge in [0, 0.05) is 14.1 Å². The van der Waals surface area contributed by atoms with Gasteiger partial charge in [0.2, 0.25) is 6.33 Å². The van der Waals surface area contributed by atoms with Crippen molar-refractivity contribution < 1.29 is 21.8 Å². The molecule has 1 aromatic heterocycles. The highest BCUT2D eigenvalue weighted by atomic mass is 35.5. The molecule has 0 radical (unpaired) electrons.